The number of anilines is 1. The Morgan fingerprint density at radius 1 is 1.07 bits per heavy atom. The second-order valence-corrected chi connectivity index (χ2v) is 7.61. The summed E-state index contributed by atoms with van der Waals surface area (Å²) in [4.78, 5) is 29.0. The summed E-state index contributed by atoms with van der Waals surface area (Å²) in [5, 5.41) is 4.96. The number of benzene rings is 2. The van der Waals surface area contributed by atoms with Gasteiger partial charge in [0, 0.05) is 17.5 Å². The highest BCUT2D eigenvalue weighted by molar-refractivity contribution is 7.10. The Balaban J connectivity index is 1.79. The summed E-state index contributed by atoms with van der Waals surface area (Å²) in [6.45, 7) is 0. The molecule has 142 valence electrons. The van der Waals surface area contributed by atoms with Crippen LogP contribution in [0.15, 0.2) is 66.0 Å². The predicted octanol–water partition coefficient (Wildman–Crippen LogP) is 4.31. The zero-order valence-electron chi connectivity index (χ0n) is 15.6. The van der Waals surface area contributed by atoms with E-state index in [-0.39, 0.29) is 17.9 Å². The van der Waals surface area contributed by atoms with Crippen LogP contribution in [0.1, 0.15) is 32.8 Å². The molecule has 6 heteroatoms. The number of thiophene rings is 1. The molecule has 0 bridgehead atoms. The fraction of sp³-hybridized carbons (Fsp3) is 0.182. The van der Waals surface area contributed by atoms with Crippen molar-refractivity contribution in [3.8, 4) is 5.75 Å². The number of methoxy groups -OCH3 is 1. The average molecular weight is 392 g/mol. The fourth-order valence-corrected chi connectivity index (χ4v) is 4.64. The molecule has 0 saturated heterocycles. The maximum absolute atomic E-state index is 13.5. The Kier molecular flexibility index (Phi) is 4.88. The van der Waals surface area contributed by atoms with E-state index < -0.39 is 5.92 Å². The predicted molar refractivity (Wildman–Crippen MR) is 110 cm³/mol. The van der Waals surface area contributed by atoms with Gasteiger partial charge in [0.1, 0.15) is 5.75 Å². The zero-order valence-corrected chi connectivity index (χ0v) is 16.4. The van der Waals surface area contributed by atoms with Crippen LogP contribution in [0.2, 0.25) is 0 Å². The first-order valence-electron chi connectivity index (χ1n) is 8.95. The van der Waals surface area contributed by atoms with E-state index in [1.54, 1.807) is 48.6 Å². The van der Waals surface area contributed by atoms with Crippen molar-refractivity contribution in [2.45, 2.75) is 12.0 Å². The molecule has 0 fully saturated rings. The lowest BCUT2D eigenvalue weighted by molar-refractivity contribution is -0.119. The highest BCUT2D eigenvalue weighted by Crippen LogP contribution is 2.44. The number of hydrogen-bond acceptors (Lipinski definition) is 4. The first kappa shape index (κ1) is 18.3. The van der Waals surface area contributed by atoms with E-state index in [9.17, 15) is 9.59 Å². The van der Waals surface area contributed by atoms with E-state index in [1.165, 1.54) is 0 Å². The molecule has 3 aromatic rings. The van der Waals surface area contributed by atoms with Crippen LogP contribution in [0.3, 0.4) is 0 Å². The lowest BCUT2D eigenvalue weighted by Gasteiger charge is -2.39. The van der Waals surface area contributed by atoms with Gasteiger partial charge in [0.15, 0.2) is 0 Å². The molecule has 2 aromatic carbocycles. The monoisotopic (exact) mass is 392 g/mol. The maximum Gasteiger partial charge on any atom is 0.254 e. The molecule has 1 aromatic heterocycles. The van der Waals surface area contributed by atoms with Crippen LogP contribution in [0.5, 0.6) is 5.75 Å². The minimum Gasteiger partial charge on any atom is -0.495 e. The summed E-state index contributed by atoms with van der Waals surface area (Å²) >= 11 is 1.55. The molecule has 4 rings (SSSR count). The molecular weight excluding hydrogens is 372 g/mol. The molecule has 1 aliphatic rings. The number of fused-ring (bicyclic) bond motifs is 1. The van der Waals surface area contributed by atoms with Crippen molar-refractivity contribution in [3.63, 3.8) is 0 Å². The third-order valence-corrected chi connectivity index (χ3v) is 6.00. The Morgan fingerprint density at radius 3 is 2.57 bits per heavy atom. The Morgan fingerprint density at radius 2 is 1.82 bits per heavy atom. The van der Waals surface area contributed by atoms with Gasteiger partial charge in [-0.2, -0.15) is 0 Å². The van der Waals surface area contributed by atoms with Gasteiger partial charge in [0.2, 0.25) is 5.91 Å². The standard InChI is InChI=1S/C22H20N2O3S/c1-24-20(18-12-7-13-28-18)19(14-8-3-4-9-15(14)22(24)26)21(25)23-16-10-5-6-11-17(16)27-2/h3-13,19-20H,1-2H3,(H,23,25). The summed E-state index contributed by atoms with van der Waals surface area (Å²) in [5.41, 5.74) is 1.92. The first-order chi connectivity index (χ1) is 13.6. The molecule has 0 saturated carbocycles. The van der Waals surface area contributed by atoms with Crippen LogP contribution in [-0.2, 0) is 4.79 Å². The summed E-state index contributed by atoms with van der Waals surface area (Å²) < 4.78 is 5.36. The number of ether oxygens (including phenoxy) is 1. The van der Waals surface area contributed by atoms with Crippen molar-refractivity contribution in [2.75, 3.05) is 19.5 Å². The van der Waals surface area contributed by atoms with Gasteiger partial charge in [0.05, 0.1) is 24.8 Å². The van der Waals surface area contributed by atoms with Crippen LogP contribution in [0.4, 0.5) is 5.69 Å². The average Bonchev–Trinajstić information content (AvgIpc) is 3.25. The summed E-state index contributed by atoms with van der Waals surface area (Å²) in [6, 6.07) is 18.2. The van der Waals surface area contributed by atoms with Crippen LogP contribution in [-0.4, -0.2) is 30.9 Å². The van der Waals surface area contributed by atoms with Crippen molar-refractivity contribution in [3.05, 3.63) is 82.0 Å². The van der Waals surface area contributed by atoms with Crippen LogP contribution >= 0.6 is 11.3 Å². The Hall–Kier alpha value is -3.12. The fourth-order valence-electron chi connectivity index (χ4n) is 3.73. The summed E-state index contributed by atoms with van der Waals surface area (Å²) in [5.74, 6) is -0.176. The van der Waals surface area contributed by atoms with Crippen LogP contribution in [0.25, 0.3) is 0 Å². The van der Waals surface area contributed by atoms with E-state index in [0.29, 0.717) is 17.0 Å². The van der Waals surface area contributed by atoms with Gasteiger partial charge in [-0.1, -0.05) is 36.4 Å². The molecular formula is C22H20N2O3S. The third-order valence-electron chi connectivity index (χ3n) is 5.06. The van der Waals surface area contributed by atoms with Crippen LogP contribution < -0.4 is 10.1 Å². The Labute approximate surface area is 167 Å². The molecule has 1 aliphatic heterocycles. The quantitative estimate of drug-likeness (QED) is 0.720. The maximum atomic E-state index is 13.5. The highest BCUT2D eigenvalue weighted by Gasteiger charge is 2.43. The summed E-state index contributed by atoms with van der Waals surface area (Å²) in [6.07, 6.45) is 0. The molecule has 2 atom stereocenters. The lowest BCUT2D eigenvalue weighted by atomic mass is 9.81. The molecule has 28 heavy (non-hydrogen) atoms. The minimum atomic E-state index is -0.525. The van der Waals surface area contributed by atoms with Gasteiger partial charge in [-0.15, -0.1) is 11.3 Å². The SMILES string of the molecule is COc1ccccc1NC(=O)C1c2ccccc2C(=O)N(C)C1c1cccs1. The number of nitrogens with one attached hydrogen (secondary N) is 1. The Bertz CT molecular complexity index is 1020. The van der Waals surface area contributed by atoms with Gasteiger partial charge in [0.25, 0.3) is 5.91 Å². The largest absolute Gasteiger partial charge is 0.495 e. The number of carbonyl (C=O) groups excluding carboxylic acids is 2. The third kappa shape index (κ3) is 3.05. The number of hydrogen-bond donors (Lipinski definition) is 1. The minimum absolute atomic E-state index is 0.0738. The van der Waals surface area contributed by atoms with E-state index in [0.717, 1.165) is 10.4 Å². The molecule has 5 nitrogen and oxygen atoms in total. The van der Waals surface area contributed by atoms with Crippen LogP contribution in [0, 0.1) is 0 Å². The molecule has 0 radical (unpaired) electrons. The van der Waals surface area contributed by atoms with Gasteiger partial charge < -0.3 is 15.0 Å². The molecule has 1 N–H and O–H groups in total. The second-order valence-electron chi connectivity index (χ2n) is 6.63. The van der Waals surface area contributed by atoms with Crippen molar-refractivity contribution in [1.82, 2.24) is 4.90 Å². The van der Waals surface area contributed by atoms with Crippen molar-refractivity contribution in [2.24, 2.45) is 0 Å². The normalized spacial score (nSPS) is 18.5. The van der Waals surface area contributed by atoms with E-state index >= 15 is 0 Å². The number of nitrogens with zero attached hydrogens (tertiary/aromatic N) is 1. The molecule has 0 aliphatic carbocycles. The molecule has 2 unspecified atom stereocenters. The topological polar surface area (TPSA) is 58.6 Å². The van der Waals surface area contributed by atoms with Gasteiger partial charge >= 0.3 is 0 Å². The first-order valence-corrected chi connectivity index (χ1v) is 9.83. The number of rotatable bonds is 4. The van der Waals surface area contributed by atoms with E-state index in [4.69, 9.17) is 4.74 Å². The van der Waals surface area contributed by atoms with Crippen molar-refractivity contribution < 1.29 is 14.3 Å². The van der Waals surface area contributed by atoms with Crippen molar-refractivity contribution in [1.29, 1.82) is 0 Å². The number of amides is 2. The molecule has 2 amide bonds. The van der Waals surface area contributed by atoms with Gasteiger partial charge in [-0.05, 0) is 35.2 Å². The highest BCUT2D eigenvalue weighted by atomic mass is 32.1. The number of para-hydroxylation sites is 2. The summed E-state index contributed by atoms with van der Waals surface area (Å²) in [7, 11) is 3.33. The van der Waals surface area contributed by atoms with E-state index in [2.05, 4.69) is 5.32 Å². The van der Waals surface area contributed by atoms with Gasteiger partial charge in [-0.3, -0.25) is 9.59 Å². The van der Waals surface area contributed by atoms with E-state index in [1.807, 2.05) is 47.8 Å². The zero-order chi connectivity index (χ0) is 19.7. The van der Waals surface area contributed by atoms with Crippen molar-refractivity contribution >= 4 is 28.8 Å². The van der Waals surface area contributed by atoms with Gasteiger partial charge in [-0.25, -0.2) is 0 Å². The lowest BCUT2D eigenvalue weighted by Crippen LogP contribution is -2.43. The number of carbonyl (C=O) groups is 2. The smallest absolute Gasteiger partial charge is 0.254 e. The number of likely N-dealkylation sites (N-methyl/N-ethyl adjacent to an activating group) is 1. The molecule has 0 spiro atoms. The molecule has 2 heterocycles. The second kappa shape index (κ2) is 7.48.